The average Bonchev–Trinajstić information content (AvgIpc) is 3.28. The Balaban J connectivity index is 0.000000550. The highest BCUT2D eigenvalue weighted by Crippen LogP contribution is 2.31. The van der Waals surface area contributed by atoms with Crippen LogP contribution in [0, 0.1) is 29.6 Å². The highest BCUT2D eigenvalue weighted by molar-refractivity contribution is 6.39. The Morgan fingerprint density at radius 3 is 2.03 bits per heavy atom. The molecule has 1 unspecified atom stereocenters. The van der Waals surface area contributed by atoms with Crippen LogP contribution in [0.2, 0.25) is 0 Å². The van der Waals surface area contributed by atoms with Gasteiger partial charge in [-0.2, -0.15) is 0 Å². The van der Waals surface area contributed by atoms with Crippen molar-refractivity contribution in [3.63, 3.8) is 0 Å². The fraction of sp³-hybridized carbons (Fsp3) is 0.745. The zero-order valence-electron chi connectivity index (χ0n) is 41.9. The van der Waals surface area contributed by atoms with Crippen LogP contribution in [0.3, 0.4) is 0 Å². The van der Waals surface area contributed by atoms with Crippen LogP contribution in [-0.4, -0.2) is 133 Å². The molecular weight excluding hydrogens is 835 g/mol. The van der Waals surface area contributed by atoms with Gasteiger partial charge in [-0.15, -0.1) is 0 Å². The number of nitrogens with zero attached hydrogens (tertiary/aromatic N) is 1. The Hall–Kier alpha value is -3.37. The molecule has 2 heterocycles. The number of hydrogen-bond donors (Lipinski definition) is 3. The number of hydrogen-bond acceptors (Lipinski definition) is 13. The lowest BCUT2D eigenvalue weighted by molar-refractivity contribution is -0.240. The SMILES string of the molecule is CC(C)COC(=O)C1CCCCN1C(=O)C(=O)[C@]1(O)OCCC[C@H]1C.CO[C@@H](C)/C(C)=C/C=C/C=C/[C@@H](C)C[C@@H](C)C(=O)[C@H](OC)[C@H](O)/C(C)=C/[C@@H](C)C(C)=O.CO[C@@H]1CCCC[C@H]1O. The van der Waals surface area contributed by atoms with Crippen molar-refractivity contribution in [3.05, 3.63) is 47.6 Å². The van der Waals surface area contributed by atoms with Crippen molar-refractivity contribution >= 4 is 29.2 Å². The molecule has 2 saturated heterocycles. The van der Waals surface area contributed by atoms with Gasteiger partial charge in [0.05, 0.1) is 31.5 Å². The molecule has 11 atom stereocenters. The molecule has 1 saturated carbocycles. The summed E-state index contributed by atoms with van der Waals surface area (Å²) >= 11 is 0. The number of methoxy groups -OCH3 is 3. The van der Waals surface area contributed by atoms with Gasteiger partial charge in [0.2, 0.25) is 5.79 Å². The number of carbonyl (C=O) groups excluding carboxylic acids is 5. The number of allylic oxidation sites excluding steroid dienone is 6. The molecule has 3 fully saturated rings. The van der Waals surface area contributed by atoms with E-state index >= 15 is 0 Å². The molecule has 0 aromatic carbocycles. The van der Waals surface area contributed by atoms with E-state index < -0.39 is 47.6 Å². The second-order valence-electron chi connectivity index (χ2n) is 18.6. The molecule has 1 amide bonds. The van der Waals surface area contributed by atoms with Gasteiger partial charge in [0, 0.05) is 45.6 Å². The van der Waals surface area contributed by atoms with Crippen molar-refractivity contribution in [3.8, 4) is 0 Å². The van der Waals surface area contributed by atoms with Crippen molar-refractivity contribution < 1.29 is 63.0 Å². The number of ether oxygens (including phenoxy) is 5. The first-order valence-electron chi connectivity index (χ1n) is 23.6. The van der Waals surface area contributed by atoms with E-state index in [0.717, 1.165) is 37.7 Å². The van der Waals surface area contributed by atoms with Crippen molar-refractivity contribution in [1.29, 1.82) is 0 Å². The van der Waals surface area contributed by atoms with Crippen LogP contribution in [0.15, 0.2) is 47.6 Å². The van der Waals surface area contributed by atoms with Crippen LogP contribution in [0.25, 0.3) is 0 Å². The number of likely N-dealkylation sites (tertiary alicyclic amines) is 1. The van der Waals surface area contributed by atoms with Crippen molar-refractivity contribution in [2.75, 3.05) is 41.1 Å². The molecule has 14 nitrogen and oxygen atoms in total. The summed E-state index contributed by atoms with van der Waals surface area (Å²) in [7, 11) is 4.78. The Labute approximate surface area is 390 Å². The quantitative estimate of drug-likeness (QED) is 0.0486. The van der Waals surface area contributed by atoms with E-state index in [4.69, 9.17) is 23.7 Å². The third kappa shape index (κ3) is 20.2. The smallest absolute Gasteiger partial charge is 0.328 e. The maximum absolute atomic E-state index is 12.9. The first-order valence-corrected chi connectivity index (χ1v) is 23.6. The first kappa shape index (κ1) is 59.6. The number of ketones is 3. The summed E-state index contributed by atoms with van der Waals surface area (Å²) in [6.45, 7) is 19.3. The molecule has 65 heavy (non-hydrogen) atoms. The van der Waals surface area contributed by atoms with E-state index in [1.165, 1.54) is 25.4 Å². The third-order valence-electron chi connectivity index (χ3n) is 12.5. The highest BCUT2D eigenvalue weighted by Gasteiger charge is 2.50. The van der Waals surface area contributed by atoms with Gasteiger partial charge in [0.15, 0.2) is 5.78 Å². The van der Waals surface area contributed by atoms with Gasteiger partial charge >= 0.3 is 5.97 Å². The van der Waals surface area contributed by atoms with E-state index in [1.54, 1.807) is 41.1 Å². The number of piperidine rings is 1. The molecule has 3 rings (SSSR count). The van der Waals surface area contributed by atoms with Gasteiger partial charge in [-0.25, -0.2) is 4.79 Å². The van der Waals surface area contributed by atoms with Crippen LogP contribution in [-0.2, 0) is 47.7 Å². The van der Waals surface area contributed by atoms with Gasteiger partial charge in [0.1, 0.15) is 24.0 Å². The van der Waals surface area contributed by atoms with Gasteiger partial charge in [-0.05, 0) is 102 Å². The second-order valence-corrected chi connectivity index (χ2v) is 18.6. The fourth-order valence-corrected chi connectivity index (χ4v) is 7.77. The van der Waals surface area contributed by atoms with E-state index in [9.17, 15) is 39.3 Å². The summed E-state index contributed by atoms with van der Waals surface area (Å²) in [5.41, 5.74) is 1.71. The Kier molecular flexibility index (Phi) is 28.3. The topological polar surface area (TPSA) is 195 Å². The van der Waals surface area contributed by atoms with Gasteiger partial charge in [-0.1, -0.05) is 90.8 Å². The monoisotopic (exact) mass is 920 g/mol. The Morgan fingerprint density at radius 2 is 1.48 bits per heavy atom. The minimum atomic E-state index is -2.10. The molecule has 0 bridgehead atoms. The molecule has 14 heteroatoms. The van der Waals surface area contributed by atoms with Crippen LogP contribution < -0.4 is 0 Å². The predicted octanol–water partition coefficient (Wildman–Crippen LogP) is 7.07. The van der Waals surface area contributed by atoms with Crippen molar-refractivity contribution in [2.24, 2.45) is 29.6 Å². The predicted molar refractivity (Wildman–Crippen MR) is 252 cm³/mol. The summed E-state index contributed by atoms with van der Waals surface area (Å²) in [4.78, 5) is 63.3. The minimum Gasteiger partial charge on any atom is -0.464 e. The minimum absolute atomic E-state index is 0.00809. The maximum atomic E-state index is 12.9. The molecule has 1 aliphatic carbocycles. The van der Waals surface area contributed by atoms with Crippen molar-refractivity contribution in [2.45, 2.75) is 176 Å². The zero-order chi connectivity index (χ0) is 49.4. The molecule has 3 aliphatic rings. The molecule has 0 aromatic heterocycles. The lowest BCUT2D eigenvalue weighted by atomic mass is 9.87. The molecule has 3 N–H and O–H groups in total. The molecule has 0 aromatic rings. The summed E-state index contributed by atoms with van der Waals surface area (Å²) in [5.74, 6) is -5.22. The number of carbonyl (C=O) groups is 5. The van der Waals surface area contributed by atoms with E-state index in [0.29, 0.717) is 37.8 Å². The number of aliphatic hydroxyl groups is 3. The van der Waals surface area contributed by atoms with Crippen LogP contribution >= 0.6 is 0 Å². The number of esters is 1. The Morgan fingerprint density at radius 1 is 0.831 bits per heavy atom. The number of aliphatic hydroxyl groups excluding tert-OH is 2. The summed E-state index contributed by atoms with van der Waals surface area (Å²) in [6.07, 6.45) is 17.9. The second kappa shape index (κ2) is 30.8. The molecular formula is C51H85NO13. The zero-order valence-corrected chi connectivity index (χ0v) is 41.9. The summed E-state index contributed by atoms with van der Waals surface area (Å²) in [6, 6.07) is -0.772. The van der Waals surface area contributed by atoms with Gasteiger partial charge < -0.3 is 43.9 Å². The number of amides is 1. The van der Waals surface area contributed by atoms with Crippen molar-refractivity contribution in [1.82, 2.24) is 4.90 Å². The molecule has 2 aliphatic heterocycles. The number of Topliss-reactive ketones (excluding diaryl/α,β-unsaturated/α-hetero) is 3. The van der Waals surface area contributed by atoms with E-state index in [1.807, 2.05) is 58.9 Å². The van der Waals surface area contributed by atoms with Crippen LogP contribution in [0.5, 0.6) is 0 Å². The lowest BCUT2D eigenvalue weighted by Gasteiger charge is -2.39. The largest absolute Gasteiger partial charge is 0.464 e. The van der Waals surface area contributed by atoms with E-state index in [2.05, 4.69) is 13.0 Å². The van der Waals surface area contributed by atoms with Crippen LogP contribution in [0.4, 0.5) is 0 Å². The van der Waals surface area contributed by atoms with Gasteiger partial charge in [0.25, 0.3) is 11.7 Å². The molecule has 0 radical (unpaired) electrons. The highest BCUT2D eigenvalue weighted by atomic mass is 16.6. The standard InChI is InChI=1S/C26H42O5.C18H29NO6.C7H14O2/c1-17(13-11-10-12-14-18(2)23(7)30-8)15-20(4)24(28)26(31-9)25(29)21(5)16-19(3)22(6)27;1-12(2)11-24-17(22)14-8-4-5-9-19(14)16(21)15(20)18(23)13(3)7-6-10-25-18;1-9-7-5-3-2-4-6(7)8/h10-14,16-17,19-20,23,25-26,29H,15H2,1-9H3;12-14,23H,4-11H2,1-3H3;6-8H,2-5H2,1H3/b12-10+,13-11+,18-14+,21-16+;;/t17-,19-,20-,23+,25-,26+;13-,14?,18-;6-,7-/m111/s1. The van der Waals surface area contributed by atoms with Crippen LogP contribution in [0.1, 0.15) is 133 Å². The number of rotatable bonds is 20. The normalized spacial score (nSPS) is 25.9. The molecule has 372 valence electrons. The van der Waals surface area contributed by atoms with E-state index in [-0.39, 0.29) is 66.8 Å². The summed E-state index contributed by atoms with van der Waals surface area (Å²) in [5, 5.41) is 30.4. The average molecular weight is 920 g/mol. The summed E-state index contributed by atoms with van der Waals surface area (Å²) < 4.78 is 26.2. The first-order chi connectivity index (χ1) is 30.6. The maximum Gasteiger partial charge on any atom is 0.328 e. The fourth-order valence-electron chi connectivity index (χ4n) is 7.77. The lowest BCUT2D eigenvalue weighted by Crippen LogP contribution is -2.59. The third-order valence-corrected chi connectivity index (χ3v) is 12.5. The Bertz CT molecular complexity index is 1600. The van der Waals surface area contributed by atoms with Gasteiger partial charge in [-0.3, -0.25) is 19.2 Å². The molecule has 0 spiro atoms.